The Morgan fingerprint density at radius 1 is 1.13 bits per heavy atom. The highest BCUT2D eigenvalue weighted by atomic mass is 16.5. The van der Waals surface area contributed by atoms with Crippen molar-refractivity contribution in [2.75, 3.05) is 32.6 Å². The molecule has 0 aliphatic rings. The number of nitrogens with one attached hydrogen (secondary N) is 1. The van der Waals surface area contributed by atoms with Crippen molar-refractivity contribution in [2.45, 2.75) is 13.3 Å². The first-order chi connectivity index (χ1) is 11.1. The van der Waals surface area contributed by atoms with Crippen LogP contribution < -0.4 is 5.32 Å². The maximum atomic E-state index is 12.6. The molecule has 0 saturated heterocycles. The quantitative estimate of drug-likeness (QED) is 0.790. The number of carbonyl (C=O) groups is 1. The molecule has 0 atom stereocenters. The van der Waals surface area contributed by atoms with E-state index in [0.29, 0.717) is 18.7 Å². The average Bonchev–Trinajstić information content (AvgIpc) is 2.57. The van der Waals surface area contributed by atoms with Gasteiger partial charge in [0.25, 0.3) is 5.91 Å². The second kappa shape index (κ2) is 8.34. The molecule has 0 saturated carbocycles. The molecule has 1 amide bonds. The summed E-state index contributed by atoms with van der Waals surface area (Å²) < 4.78 is 5.04. The van der Waals surface area contributed by atoms with Crippen molar-refractivity contribution in [3.05, 3.63) is 59.7 Å². The maximum Gasteiger partial charge on any atom is 0.255 e. The third-order valence-electron chi connectivity index (χ3n) is 3.68. The van der Waals surface area contributed by atoms with Gasteiger partial charge in [-0.2, -0.15) is 0 Å². The molecule has 4 nitrogen and oxygen atoms in total. The van der Waals surface area contributed by atoms with E-state index in [4.69, 9.17) is 4.74 Å². The standard InChI is InChI=1S/C19H24N2O2/c1-15-9-11-16(12-10-15)20-18-8-5-4-7-17(18)19(22)21(2)13-6-14-23-3/h4-5,7-12,20H,6,13-14H2,1-3H3. The van der Waals surface area contributed by atoms with Crippen LogP contribution in [0, 0.1) is 6.92 Å². The van der Waals surface area contributed by atoms with Crippen LogP contribution in [0.3, 0.4) is 0 Å². The number of aryl methyl sites for hydroxylation is 1. The summed E-state index contributed by atoms with van der Waals surface area (Å²) >= 11 is 0. The van der Waals surface area contributed by atoms with Crippen LogP contribution in [0.25, 0.3) is 0 Å². The molecular formula is C19H24N2O2. The molecule has 0 radical (unpaired) electrons. The van der Waals surface area contributed by atoms with E-state index in [0.717, 1.165) is 17.8 Å². The van der Waals surface area contributed by atoms with Crippen molar-refractivity contribution in [1.82, 2.24) is 4.90 Å². The van der Waals surface area contributed by atoms with E-state index in [9.17, 15) is 4.79 Å². The minimum Gasteiger partial charge on any atom is -0.385 e. The third kappa shape index (κ3) is 4.83. The average molecular weight is 312 g/mol. The SMILES string of the molecule is COCCCN(C)C(=O)c1ccccc1Nc1ccc(C)cc1. The van der Waals surface area contributed by atoms with Crippen molar-refractivity contribution < 1.29 is 9.53 Å². The minimum absolute atomic E-state index is 0.0105. The molecule has 0 fully saturated rings. The first-order valence-corrected chi connectivity index (χ1v) is 7.79. The fourth-order valence-electron chi connectivity index (χ4n) is 2.32. The Bertz CT molecular complexity index is 638. The normalized spacial score (nSPS) is 10.4. The van der Waals surface area contributed by atoms with Crippen LogP contribution in [0.2, 0.25) is 0 Å². The molecule has 23 heavy (non-hydrogen) atoms. The Balaban J connectivity index is 2.13. The van der Waals surface area contributed by atoms with Crippen molar-refractivity contribution in [2.24, 2.45) is 0 Å². The number of amides is 1. The lowest BCUT2D eigenvalue weighted by atomic mass is 10.1. The van der Waals surface area contributed by atoms with Gasteiger partial charge < -0.3 is 15.0 Å². The number of carbonyl (C=O) groups excluding carboxylic acids is 1. The predicted molar refractivity (Wildman–Crippen MR) is 94.4 cm³/mol. The zero-order chi connectivity index (χ0) is 16.7. The van der Waals surface area contributed by atoms with Gasteiger partial charge in [0.1, 0.15) is 0 Å². The molecule has 122 valence electrons. The van der Waals surface area contributed by atoms with Crippen molar-refractivity contribution in [1.29, 1.82) is 0 Å². The molecule has 0 spiro atoms. The number of anilines is 2. The van der Waals surface area contributed by atoms with E-state index in [-0.39, 0.29) is 5.91 Å². The molecule has 1 N–H and O–H groups in total. The summed E-state index contributed by atoms with van der Waals surface area (Å²) in [5.74, 6) is 0.0105. The van der Waals surface area contributed by atoms with E-state index >= 15 is 0 Å². The van der Waals surface area contributed by atoms with Crippen molar-refractivity contribution >= 4 is 17.3 Å². The van der Waals surface area contributed by atoms with E-state index in [2.05, 4.69) is 12.2 Å². The number of rotatable bonds is 7. The first kappa shape index (κ1) is 17.0. The van der Waals surface area contributed by atoms with Crippen LogP contribution in [0.1, 0.15) is 22.3 Å². The summed E-state index contributed by atoms with van der Waals surface area (Å²) in [6.45, 7) is 3.38. The van der Waals surface area contributed by atoms with Crippen LogP contribution in [0.4, 0.5) is 11.4 Å². The fraction of sp³-hybridized carbons (Fsp3) is 0.316. The number of hydrogen-bond donors (Lipinski definition) is 1. The summed E-state index contributed by atoms with van der Waals surface area (Å²) in [7, 11) is 3.49. The van der Waals surface area contributed by atoms with Gasteiger partial charge in [-0.1, -0.05) is 29.8 Å². The van der Waals surface area contributed by atoms with E-state index < -0.39 is 0 Å². The molecule has 0 aromatic heterocycles. The smallest absolute Gasteiger partial charge is 0.255 e. The summed E-state index contributed by atoms with van der Waals surface area (Å²) in [4.78, 5) is 14.4. The molecule has 2 aromatic rings. The lowest BCUT2D eigenvalue weighted by molar-refractivity contribution is 0.0780. The number of nitrogens with zero attached hydrogens (tertiary/aromatic N) is 1. The largest absolute Gasteiger partial charge is 0.385 e. The molecule has 0 heterocycles. The first-order valence-electron chi connectivity index (χ1n) is 7.79. The van der Waals surface area contributed by atoms with Gasteiger partial charge in [-0.25, -0.2) is 0 Å². The number of hydrogen-bond acceptors (Lipinski definition) is 3. The highest BCUT2D eigenvalue weighted by molar-refractivity contribution is 6.00. The van der Waals surface area contributed by atoms with E-state index in [1.54, 1.807) is 12.0 Å². The molecule has 2 aromatic carbocycles. The topological polar surface area (TPSA) is 41.6 Å². The van der Waals surface area contributed by atoms with Gasteiger partial charge in [-0.3, -0.25) is 4.79 Å². The number of benzene rings is 2. The summed E-state index contributed by atoms with van der Waals surface area (Å²) in [5.41, 5.74) is 3.67. The Labute approximate surface area is 138 Å². The van der Waals surface area contributed by atoms with Crippen molar-refractivity contribution in [3.63, 3.8) is 0 Å². The molecule has 4 heteroatoms. The van der Waals surface area contributed by atoms with Crippen LogP contribution in [0.15, 0.2) is 48.5 Å². The van der Waals surface area contributed by atoms with Crippen LogP contribution >= 0.6 is 0 Å². The summed E-state index contributed by atoms with van der Waals surface area (Å²) in [5, 5.41) is 3.33. The monoisotopic (exact) mass is 312 g/mol. The molecule has 0 unspecified atom stereocenters. The zero-order valence-electron chi connectivity index (χ0n) is 14.0. The highest BCUT2D eigenvalue weighted by Crippen LogP contribution is 2.22. The molecule has 0 aliphatic heterocycles. The second-order valence-electron chi connectivity index (χ2n) is 5.61. The van der Waals surface area contributed by atoms with Crippen LogP contribution in [-0.4, -0.2) is 38.1 Å². The fourth-order valence-corrected chi connectivity index (χ4v) is 2.32. The molecule has 0 bridgehead atoms. The molecule has 2 rings (SSSR count). The third-order valence-corrected chi connectivity index (χ3v) is 3.68. The number of ether oxygens (including phenoxy) is 1. The summed E-state index contributed by atoms with van der Waals surface area (Å²) in [6.07, 6.45) is 0.826. The minimum atomic E-state index is 0.0105. The van der Waals surface area contributed by atoms with Gasteiger partial charge in [0, 0.05) is 33.0 Å². The number of para-hydroxylation sites is 1. The van der Waals surface area contributed by atoms with Crippen molar-refractivity contribution in [3.8, 4) is 0 Å². The number of methoxy groups -OCH3 is 1. The Morgan fingerprint density at radius 2 is 1.83 bits per heavy atom. The van der Waals surface area contributed by atoms with Crippen LogP contribution in [-0.2, 0) is 4.74 Å². The van der Waals surface area contributed by atoms with E-state index in [1.807, 2.05) is 55.6 Å². The van der Waals surface area contributed by atoms with Gasteiger partial charge >= 0.3 is 0 Å². The molecule has 0 aliphatic carbocycles. The van der Waals surface area contributed by atoms with Gasteiger partial charge in [0.2, 0.25) is 0 Å². The summed E-state index contributed by atoms with van der Waals surface area (Å²) in [6, 6.07) is 15.7. The Hall–Kier alpha value is -2.33. The molecular weight excluding hydrogens is 288 g/mol. The van der Waals surface area contributed by atoms with Crippen LogP contribution in [0.5, 0.6) is 0 Å². The predicted octanol–water partition coefficient (Wildman–Crippen LogP) is 3.85. The lowest BCUT2D eigenvalue weighted by Crippen LogP contribution is -2.28. The van der Waals surface area contributed by atoms with Gasteiger partial charge in [-0.15, -0.1) is 0 Å². The van der Waals surface area contributed by atoms with Gasteiger partial charge in [0.05, 0.1) is 11.3 Å². The van der Waals surface area contributed by atoms with Gasteiger partial charge in [0.15, 0.2) is 0 Å². The highest BCUT2D eigenvalue weighted by Gasteiger charge is 2.15. The Morgan fingerprint density at radius 3 is 2.52 bits per heavy atom. The van der Waals surface area contributed by atoms with Gasteiger partial charge in [-0.05, 0) is 37.6 Å². The lowest BCUT2D eigenvalue weighted by Gasteiger charge is -2.19. The Kier molecular flexibility index (Phi) is 6.18. The van der Waals surface area contributed by atoms with E-state index in [1.165, 1.54) is 5.56 Å². The zero-order valence-corrected chi connectivity index (χ0v) is 14.0. The second-order valence-corrected chi connectivity index (χ2v) is 5.61. The maximum absolute atomic E-state index is 12.6.